The molecule has 7 atom stereocenters. The second kappa shape index (κ2) is 5.85. The summed E-state index contributed by atoms with van der Waals surface area (Å²) in [7, 11) is 0. The van der Waals surface area contributed by atoms with Gasteiger partial charge in [0.15, 0.2) is 0 Å². The monoisotopic (exact) mass is 345 g/mol. The first kappa shape index (κ1) is 15.3. The van der Waals surface area contributed by atoms with E-state index in [0.717, 1.165) is 0 Å². The van der Waals surface area contributed by atoms with Crippen LogP contribution in [0.5, 0.6) is 0 Å². The summed E-state index contributed by atoms with van der Waals surface area (Å²) in [5, 5.41) is 0. The Balaban J connectivity index is 1.42. The first-order valence-corrected chi connectivity index (χ1v) is 10.5. The van der Waals surface area contributed by atoms with Gasteiger partial charge in [-0.25, -0.2) is 0 Å². The van der Waals surface area contributed by atoms with Gasteiger partial charge in [0, 0.05) is 29.5 Å². The summed E-state index contributed by atoms with van der Waals surface area (Å²) in [5.74, 6) is 1.59. The smallest absolute Gasteiger partial charge is 0.0832 e. The zero-order valence-electron chi connectivity index (χ0n) is 15.2. The highest BCUT2D eigenvalue weighted by atomic mass is 16.5. The lowest BCUT2D eigenvalue weighted by atomic mass is 9.72. The maximum absolute atomic E-state index is 6.68. The number of rotatable bonds is 1. The molecule has 134 valence electrons. The molecule has 0 amide bonds. The molecule has 2 heteroatoms. The van der Waals surface area contributed by atoms with Crippen LogP contribution in [0.25, 0.3) is 0 Å². The Kier molecular flexibility index (Phi) is 3.44. The Bertz CT molecular complexity index is 782. The second-order valence-electron chi connectivity index (χ2n) is 8.58. The van der Waals surface area contributed by atoms with E-state index in [1.807, 2.05) is 0 Å². The van der Waals surface area contributed by atoms with Crippen molar-refractivity contribution < 1.29 is 4.74 Å². The van der Waals surface area contributed by atoms with E-state index in [0.29, 0.717) is 35.9 Å². The first-order chi connectivity index (χ1) is 12.9. The fourth-order valence-corrected chi connectivity index (χ4v) is 6.21. The molecule has 2 nitrogen and oxygen atoms in total. The summed E-state index contributed by atoms with van der Waals surface area (Å²) < 4.78 is 6.68. The van der Waals surface area contributed by atoms with Crippen molar-refractivity contribution in [1.29, 1.82) is 0 Å². The van der Waals surface area contributed by atoms with Crippen LogP contribution in [0.3, 0.4) is 0 Å². The van der Waals surface area contributed by atoms with Crippen molar-refractivity contribution in [2.75, 3.05) is 0 Å². The SMILES string of the molecule is C1=CC2OC3C(C=CC4C3C3=C(C=CCC3)N4C3C=CCCC3)C2C=C1. The second-order valence-corrected chi connectivity index (χ2v) is 8.58. The molecule has 4 aliphatic carbocycles. The Morgan fingerprint density at radius 3 is 2.81 bits per heavy atom. The number of nitrogens with zero attached hydrogens (tertiary/aromatic N) is 1. The van der Waals surface area contributed by atoms with Crippen molar-refractivity contribution in [3.05, 3.63) is 72.0 Å². The van der Waals surface area contributed by atoms with Crippen molar-refractivity contribution in [2.45, 2.75) is 56.4 Å². The maximum Gasteiger partial charge on any atom is 0.0832 e. The summed E-state index contributed by atoms with van der Waals surface area (Å²) in [4.78, 5) is 2.73. The summed E-state index contributed by atoms with van der Waals surface area (Å²) in [5.41, 5.74) is 3.18. The van der Waals surface area contributed by atoms with E-state index in [1.54, 1.807) is 5.57 Å². The van der Waals surface area contributed by atoms with Crippen LogP contribution < -0.4 is 0 Å². The van der Waals surface area contributed by atoms with Gasteiger partial charge in [0.05, 0.1) is 18.2 Å². The van der Waals surface area contributed by atoms with Crippen LogP contribution in [0, 0.1) is 17.8 Å². The lowest BCUT2D eigenvalue weighted by Gasteiger charge is -2.40. The first-order valence-electron chi connectivity index (χ1n) is 10.5. The zero-order chi connectivity index (χ0) is 17.1. The van der Waals surface area contributed by atoms with Crippen LogP contribution in [0.15, 0.2) is 72.0 Å². The third kappa shape index (κ3) is 2.08. The predicted molar refractivity (Wildman–Crippen MR) is 104 cm³/mol. The zero-order valence-corrected chi connectivity index (χ0v) is 15.2. The lowest BCUT2D eigenvalue weighted by molar-refractivity contribution is 0.0127. The van der Waals surface area contributed by atoms with E-state index in [4.69, 9.17) is 4.74 Å². The molecule has 0 saturated carbocycles. The normalized spacial score (nSPS) is 44.9. The van der Waals surface area contributed by atoms with Crippen LogP contribution >= 0.6 is 0 Å². The third-order valence-electron chi connectivity index (χ3n) is 7.29. The Morgan fingerprint density at radius 1 is 0.923 bits per heavy atom. The predicted octanol–water partition coefficient (Wildman–Crippen LogP) is 4.70. The molecule has 6 rings (SSSR count). The van der Waals surface area contributed by atoms with Crippen molar-refractivity contribution >= 4 is 0 Å². The number of hydrogen-bond donors (Lipinski definition) is 0. The van der Waals surface area contributed by atoms with Gasteiger partial charge < -0.3 is 9.64 Å². The molecule has 0 N–H and O–H groups in total. The van der Waals surface area contributed by atoms with Gasteiger partial charge in [-0.1, -0.05) is 54.7 Å². The van der Waals surface area contributed by atoms with E-state index >= 15 is 0 Å². The largest absolute Gasteiger partial charge is 0.369 e. The lowest BCUT2D eigenvalue weighted by Crippen LogP contribution is -2.46. The molecular formula is C24H27NO. The summed E-state index contributed by atoms with van der Waals surface area (Å²) in [6.45, 7) is 0. The van der Waals surface area contributed by atoms with Crippen molar-refractivity contribution in [2.24, 2.45) is 17.8 Å². The Morgan fingerprint density at radius 2 is 1.88 bits per heavy atom. The van der Waals surface area contributed by atoms with Gasteiger partial charge >= 0.3 is 0 Å². The van der Waals surface area contributed by atoms with Crippen LogP contribution in [-0.4, -0.2) is 29.2 Å². The average Bonchev–Trinajstić information content (AvgIpc) is 3.24. The van der Waals surface area contributed by atoms with Crippen molar-refractivity contribution in [3.8, 4) is 0 Å². The van der Waals surface area contributed by atoms with Gasteiger partial charge in [-0.2, -0.15) is 0 Å². The molecular weight excluding hydrogens is 318 g/mol. The summed E-state index contributed by atoms with van der Waals surface area (Å²) in [6.07, 6.45) is 30.5. The molecule has 0 aromatic rings. The van der Waals surface area contributed by atoms with E-state index in [-0.39, 0.29) is 6.10 Å². The van der Waals surface area contributed by atoms with Crippen LogP contribution in [-0.2, 0) is 4.74 Å². The topological polar surface area (TPSA) is 12.5 Å². The van der Waals surface area contributed by atoms with Crippen LogP contribution in [0.2, 0.25) is 0 Å². The minimum Gasteiger partial charge on any atom is -0.369 e. The molecule has 0 aromatic carbocycles. The molecule has 0 radical (unpaired) electrons. The number of allylic oxidation sites excluding steroid dienone is 5. The number of fused-ring (bicyclic) bond motifs is 6. The van der Waals surface area contributed by atoms with E-state index in [9.17, 15) is 0 Å². The highest BCUT2D eigenvalue weighted by molar-refractivity contribution is 5.43. The minimum atomic E-state index is 0.269. The number of hydrogen-bond acceptors (Lipinski definition) is 2. The molecule has 2 aliphatic heterocycles. The quantitative estimate of drug-likeness (QED) is 0.639. The van der Waals surface area contributed by atoms with Gasteiger partial charge in [-0.05, 0) is 43.8 Å². The maximum atomic E-state index is 6.68. The van der Waals surface area contributed by atoms with E-state index in [2.05, 4.69) is 65.7 Å². The molecule has 6 aliphatic rings. The van der Waals surface area contributed by atoms with Crippen molar-refractivity contribution in [1.82, 2.24) is 4.90 Å². The molecule has 1 saturated heterocycles. The highest BCUT2D eigenvalue weighted by Crippen LogP contribution is 2.53. The molecule has 7 unspecified atom stereocenters. The van der Waals surface area contributed by atoms with Crippen molar-refractivity contribution in [3.63, 3.8) is 0 Å². The van der Waals surface area contributed by atoms with Gasteiger partial charge in [-0.3, -0.25) is 0 Å². The molecule has 2 heterocycles. The van der Waals surface area contributed by atoms with Crippen LogP contribution in [0.1, 0.15) is 32.1 Å². The van der Waals surface area contributed by atoms with E-state index in [1.165, 1.54) is 37.8 Å². The molecule has 26 heavy (non-hydrogen) atoms. The van der Waals surface area contributed by atoms with E-state index < -0.39 is 0 Å². The minimum absolute atomic E-state index is 0.269. The Hall–Kier alpha value is -1.80. The average molecular weight is 345 g/mol. The standard InChI is InChI=1S/C24H27NO/c1-2-8-16(9-3-1)25-20-12-6-4-11-19(20)23-21(25)15-14-18-17-10-5-7-13-22(17)26-24(18)23/h2,5-8,10,12-18,21-24H,1,3-4,9,11H2. The molecule has 1 fully saturated rings. The third-order valence-corrected chi connectivity index (χ3v) is 7.29. The van der Waals surface area contributed by atoms with Gasteiger partial charge in [0.2, 0.25) is 0 Å². The molecule has 0 bridgehead atoms. The number of ether oxygens (including phenoxy) is 1. The fourth-order valence-electron chi connectivity index (χ4n) is 6.21. The Labute approximate surface area is 156 Å². The summed E-state index contributed by atoms with van der Waals surface area (Å²) >= 11 is 0. The highest BCUT2D eigenvalue weighted by Gasteiger charge is 2.54. The van der Waals surface area contributed by atoms with Crippen LogP contribution in [0.4, 0.5) is 0 Å². The fraction of sp³-hybridized carbons (Fsp3) is 0.500. The van der Waals surface area contributed by atoms with Gasteiger partial charge in [0.25, 0.3) is 0 Å². The summed E-state index contributed by atoms with van der Waals surface area (Å²) in [6, 6.07) is 1.03. The molecule has 0 aromatic heterocycles. The van der Waals surface area contributed by atoms with Gasteiger partial charge in [0.1, 0.15) is 0 Å². The van der Waals surface area contributed by atoms with Gasteiger partial charge in [-0.15, -0.1) is 0 Å². The molecule has 0 spiro atoms.